The van der Waals surface area contributed by atoms with E-state index in [2.05, 4.69) is 0 Å². The Morgan fingerprint density at radius 2 is 2.25 bits per heavy atom. The number of piperidine rings is 1. The fourth-order valence-corrected chi connectivity index (χ4v) is 4.44. The highest BCUT2D eigenvalue weighted by Crippen LogP contribution is 2.29. The molecule has 20 heavy (non-hydrogen) atoms. The van der Waals surface area contributed by atoms with Gasteiger partial charge in [-0.2, -0.15) is 9.57 Å². The van der Waals surface area contributed by atoms with Gasteiger partial charge in [0.05, 0.1) is 29.2 Å². The Kier molecular flexibility index (Phi) is 4.43. The number of aliphatic hydroxyl groups excluding tert-OH is 1. The molecule has 0 spiro atoms. The quantitative estimate of drug-likeness (QED) is 0.912. The molecule has 1 saturated heterocycles. The van der Waals surface area contributed by atoms with Crippen LogP contribution in [0, 0.1) is 17.2 Å². The highest BCUT2D eigenvalue weighted by Gasteiger charge is 2.36. The van der Waals surface area contributed by atoms with Gasteiger partial charge >= 0.3 is 0 Å². The first-order chi connectivity index (χ1) is 9.50. The lowest BCUT2D eigenvalue weighted by Gasteiger charge is -2.37. The zero-order valence-electron chi connectivity index (χ0n) is 11.4. The summed E-state index contributed by atoms with van der Waals surface area (Å²) in [6, 6.07) is 7.56. The van der Waals surface area contributed by atoms with E-state index < -0.39 is 10.0 Å². The smallest absolute Gasteiger partial charge is 0.243 e. The maximum atomic E-state index is 12.7. The molecule has 1 N–H and O–H groups in total. The van der Waals surface area contributed by atoms with Crippen molar-refractivity contribution < 1.29 is 13.5 Å². The van der Waals surface area contributed by atoms with Crippen LogP contribution in [0.1, 0.15) is 25.3 Å². The van der Waals surface area contributed by atoms with E-state index in [0.717, 1.165) is 12.8 Å². The third-order valence-electron chi connectivity index (χ3n) is 3.82. The van der Waals surface area contributed by atoms with Crippen LogP contribution in [0.3, 0.4) is 0 Å². The highest BCUT2D eigenvalue weighted by molar-refractivity contribution is 7.89. The highest BCUT2D eigenvalue weighted by atomic mass is 32.2. The molecule has 1 fully saturated rings. The lowest BCUT2D eigenvalue weighted by molar-refractivity contribution is 0.113. The molecule has 1 aliphatic heterocycles. The Morgan fingerprint density at radius 1 is 1.50 bits per heavy atom. The maximum absolute atomic E-state index is 12.7. The second-order valence-corrected chi connectivity index (χ2v) is 7.02. The summed E-state index contributed by atoms with van der Waals surface area (Å²) in [4.78, 5) is 0.115. The SMILES string of the molecule is CC1CCCN(S(=O)(=O)c2cccc(C#N)c2)C1CO. The maximum Gasteiger partial charge on any atom is 0.243 e. The molecule has 0 aliphatic carbocycles. The number of hydrogen-bond donors (Lipinski definition) is 1. The average Bonchev–Trinajstić information content (AvgIpc) is 2.47. The lowest BCUT2D eigenvalue weighted by Crippen LogP contribution is -2.49. The van der Waals surface area contributed by atoms with Crippen molar-refractivity contribution >= 4 is 10.0 Å². The number of benzene rings is 1. The molecule has 0 saturated carbocycles. The van der Waals surface area contributed by atoms with Crippen molar-refractivity contribution in [3.8, 4) is 6.07 Å². The van der Waals surface area contributed by atoms with E-state index in [1.807, 2.05) is 13.0 Å². The predicted molar refractivity (Wildman–Crippen MR) is 74.3 cm³/mol. The van der Waals surface area contributed by atoms with Gasteiger partial charge in [0.2, 0.25) is 10.0 Å². The summed E-state index contributed by atoms with van der Waals surface area (Å²) >= 11 is 0. The first-order valence-corrected chi connectivity index (χ1v) is 8.07. The second-order valence-electron chi connectivity index (χ2n) is 5.12. The van der Waals surface area contributed by atoms with Gasteiger partial charge in [-0.1, -0.05) is 13.0 Å². The molecule has 1 aromatic carbocycles. The van der Waals surface area contributed by atoms with Crippen LogP contribution in [0.5, 0.6) is 0 Å². The average molecular weight is 294 g/mol. The van der Waals surface area contributed by atoms with Crippen LogP contribution < -0.4 is 0 Å². The Labute approximate surface area is 119 Å². The molecule has 5 nitrogen and oxygen atoms in total. The molecule has 1 aliphatic rings. The predicted octanol–water partition coefficient (Wildman–Crippen LogP) is 1.34. The van der Waals surface area contributed by atoms with Crippen molar-refractivity contribution in [2.24, 2.45) is 5.92 Å². The summed E-state index contributed by atoms with van der Waals surface area (Å²) in [7, 11) is -3.67. The van der Waals surface area contributed by atoms with Gasteiger partial charge in [0, 0.05) is 6.54 Å². The summed E-state index contributed by atoms with van der Waals surface area (Å²) in [6.45, 7) is 2.18. The number of hydrogen-bond acceptors (Lipinski definition) is 4. The number of aliphatic hydroxyl groups is 1. The number of nitrogens with zero attached hydrogens (tertiary/aromatic N) is 2. The van der Waals surface area contributed by atoms with Crippen LogP contribution in [0.4, 0.5) is 0 Å². The Hall–Kier alpha value is -1.42. The van der Waals surface area contributed by atoms with E-state index in [1.165, 1.54) is 16.4 Å². The van der Waals surface area contributed by atoms with Crippen molar-refractivity contribution in [2.75, 3.05) is 13.2 Å². The summed E-state index contributed by atoms with van der Waals surface area (Å²) in [5.74, 6) is 0.127. The summed E-state index contributed by atoms with van der Waals surface area (Å²) in [5, 5.41) is 18.4. The molecular formula is C14H18N2O3S. The third kappa shape index (κ3) is 2.70. The molecule has 1 heterocycles. The standard InChI is InChI=1S/C14H18N2O3S/c1-11-4-3-7-16(14(11)10-17)20(18,19)13-6-2-5-12(8-13)9-15/h2,5-6,8,11,14,17H,3-4,7,10H2,1H3. The Bertz CT molecular complexity index is 622. The monoisotopic (exact) mass is 294 g/mol. The molecular weight excluding hydrogens is 276 g/mol. The molecule has 0 radical (unpaired) electrons. The topological polar surface area (TPSA) is 81.4 Å². The van der Waals surface area contributed by atoms with E-state index >= 15 is 0 Å². The molecule has 1 aromatic rings. The van der Waals surface area contributed by atoms with Gasteiger partial charge in [-0.05, 0) is 37.0 Å². The molecule has 0 aromatic heterocycles. The molecule has 2 atom stereocenters. The summed E-state index contributed by atoms with van der Waals surface area (Å²) in [5.41, 5.74) is 0.316. The van der Waals surface area contributed by atoms with Crippen LogP contribution >= 0.6 is 0 Å². The minimum Gasteiger partial charge on any atom is -0.395 e. The third-order valence-corrected chi connectivity index (χ3v) is 5.74. The zero-order valence-corrected chi connectivity index (χ0v) is 12.2. The minimum atomic E-state index is -3.67. The molecule has 6 heteroatoms. The van der Waals surface area contributed by atoms with Crippen molar-refractivity contribution in [1.29, 1.82) is 5.26 Å². The van der Waals surface area contributed by atoms with Crippen LogP contribution in [0.15, 0.2) is 29.2 Å². The van der Waals surface area contributed by atoms with Gasteiger partial charge in [-0.15, -0.1) is 0 Å². The van der Waals surface area contributed by atoms with E-state index in [-0.39, 0.29) is 23.5 Å². The van der Waals surface area contributed by atoms with Gasteiger partial charge < -0.3 is 5.11 Å². The normalized spacial score (nSPS) is 24.2. The van der Waals surface area contributed by atoms with Crippen LogP contribution in [-0.2, 0) is 10.0 Å². The number of sulfonamides is 1. The minimum absolute atomic E-state index is 0.115. The summed E-state index contributed by atoms with van der Waals surface area (Å²) in [6.07, 6.45) is 1.70. The molecule has 108 valence electrons. The second kappa shape index (κ2) is 5.92. The van der Waals surface area contributed by atoms with Crippen LogP contribution in [0.25, 0.3) is 0 Å². The van der Waals surface area contributed by atoms with E-state index in [1.54, 1.807) is 12.1 Å². The fourth-order valence-electron chi connectivity index (χ4n) is 2.64. The van der Waals surface area contributed by atoms with Gasteiger partial charge in [-0.25, -0.2) is 8.42 Å². The zero-order chi connectivity index (χ0) is 14.8. The van der Waals surface area contributed by atoms with E-state index in [0.29, 0.717) is 12.1 Å². The fraction of sp³-hybridized carbons (Fsp3) is 0.500. The van der Waals surface area contributed by atoms with Gasteiger partial charge in [-0.3, -0.25) is 0 Å². The first kappa shape index (κ1) is 15.0. The van der Waals surface area contributed by atoms with Gasteiger partial charge in [0.15, 0.2) is 0 Å². The molecule has 2 rings (SSSR count). The van der Waals surface area contributed by atoms with Crippen LogP contribution in [-0.4, -0.2) is 37.0 Å². The first-order valence-electron chi connectivity index (χ1n) is 6.63. The number of nitriles is 1. The summed E-state index contributed by atoms with van der Waals surface area (Å²) < 4.78 is 26.7. The van der Waals surface area contributed by atoms with Gasteiger partial charge in [0.1, 0.15) is 0 Å². The van der Waals surface area contributed by atoms with Crippen molar-refractivity contribution in [3.63, 3.8) is 0 Å². The van der Waals surface area contributed by atoms with Crippen molar-refractivity contribution in [1.82, 2.24) is 4.31 Å². The Balaban J connectivity index is 2.40. The van der Waals surface area contributed by atoms with Crippen molar-refractivity contribution in [2.45, 2.75) is 30.7 Å². The molecule has 2 unspecified atom stereocenters. The molecule has 0 bridgehead atoms. The van der Waals surface area contributed by atoms with Crippen molar-refractivity contribution in [3.05, 3.63) is 29.8 Å². The lowest BCUT2D eigenvalue weighted by atomic mass is 9.93. The van der Waals surface area contributed by atoms with E-state index in [4.69, 9.17) is 5.26 Å². The van der Waals surface area contributed by atoms with Gasteiger partial charge in [0.25, 0.3) is 0 Å². The molecule has 0 amide bonds. The number of rotatable bonds is 3. The Morgan fingerprint density at radius 3 is 2.90 bits per heavy atom. The largest absolute Gasteiger partial charge is 0.395 e. The van der Waals surface area contributed by atoms with E-state index in [9.17, 15) is 13.5 Å². The van der Waals surface area contributed by atoms with Crippen LogP contribution in [0.2, 0.25) is 0 Å².